The summed E-state index contributed by atoms with van der Waals surface area (Å²) in [5, 5.41) is 3.07. The van der Waals surface area contributed by atoms with E-state index in [0.717, 1.165) is 67.4 Å². The van der Waals surface area contributed by atoms with Crippen molar-refractivity contribution in [1.29, 1.82) is 0 Å². The van der Waals surface area contributed by atoms with Crippen LogP contribution in [0.3, 0.4) is 0 Å². The van der Waals surface area contributed by atoms with Gasteiger partial charge in [0.1, 0.15) is 17.2 Å². The van der Waals surface area contributed by atoms with Crippen molar-refractivity contribution in [3.63, 3.8) is 0 Å². The molecule has 2 aliphatic heterocycles. The molecule has 1 N–H and O–H groups in total. The maximum absolute atomic E-state index is 13.1. The Morgan fingerprint density at radius 3 is 2.87 bits per heavy atom. The first-order valence-corrected chi connectivity index (χ1v) is 11.1. The average molecular weight is 421 g/mol. The Morgan fingerprint density at radius 2 is 2.00 bits per heavy atom. The molecule has 3 aromatic rings. The predicted molar refractivity (Wildman–Crippen MR) is 118 cm³/mol. The second-order valence-corrected chi connectivity index (χ2v) is 8.28. The van der Waals surface area contributed by atoms with Crippen LogP contribution in [-0.4, -0.2) is 51.7 Å². The van der Waals surface area contributed by atoms with E-state index in [2.05, 4.69) is 19.8 Å². The maximum Gasteiger partial charge on any atom is 0.253 e. The number of carbonyl (C=O) groups excluding carboxylic acids is 1. The fourth-order valence-electron chi connectivity index (χ4n) is 4.40. The third kappa shape index (κ3) is 4.12. The molecule has 3 aromatic heterocycles. The van der Waals surface area contributed by atoms with E-state index in [9.17, 15) is 4.79 Å². The van der Waals surface area contributed by atoms with Crippen molar-refractivity contribution >= 4 is 22.9 Å². The monoisotopic (exact) mass is 420 g/mol. The summed E-state index contributed by atoms with van der Waals surface area (Å²) < 4.78 is 7.62. The standard InChI is InChI=1S/C23H28N6O2/c1-16-13-18(21-22(26-16)29-8-4-2-3-5-19(29)27-21)23(30)25-15-17-6-7-24-20(14-17)28-9-11-31-12-10-28/h6-7,13-14H,2-5,8-12,15H2,1H3,(H,25,30). The zero-order chi connectivity index (χ0) is 21.2. The molecule has 1 fully saturated rings. The Labute approximate surface area is 181 Å². The van der Waals surface area contributed by atoms with Gasteiger partial charge in [-0.2, -0.15) is 0 Å². The second kappa shape index (κ2) is 8.63. The van der Waals surface area contributed by atoms with Crippen molar-refractivity contribution < 1.29 is 9.53 Å². The van der Waals surface area contributed by atoms with E-state index in [0.29, 0.717) is 30.8 Å². The SMILES string of the molecule is Cc1cc(C(=O)NCc2ccnc(N3CCOCC3)c2)c2nc3n(c2n1)CCCCC3. The van der Waals surface area contributed by atoms with Gasteiger partial charge in [0.05, 0.1) is 18.8 Å². The Kier molecular flexibility index (Phi) is 5.55. The molecule has 31 heavy (non-hydrogen) atoms. The number of nitrogens with zero attached hydrogens (tertiary/aromatic N) is 5. The molecule has 1 amide bonds. The first-order chi connectivity index (χ1) is 15.2. The molecule has 0 unspecified atom stereocenters. The number of pyridine rings is 2. The van der Waals surface area contributed by atoms with E-state index < -0.39 is 0 Å². The van der Waals surface area contributed by atoms with Crippen LogP contribution in [0.4, 0.5) is 5.82 Å². The fraction of sp³-hybridized carbons (Fsp3) is 0.478. The first-order valence-electron chi connectivity index (χ1n) is 11.1. The number of hydrogen-bond donors (Lipinski definition) is 1. The second-order valence-electron chi connectivity index (χ2n) is 8.28. The van der Waals surface area contributed by atoms with Gasteiger partial charge in [0.25, 0.3) is 5.91 Å². The number of morpholine rings is 1. The van der Waals surface area contributed by atoms with Gasteiger partial charge < -0.3 is 19.5 Å². The first kappa shape index (κ1) is 19.9. The third-order valence-corrected chi connectivity index (χ3v) is 6.04. The van der Waals surface area contributed by atoms with Crippen molar-refractivity contribution in [2.24, 2.45) is 0 Å². The zero-order valence-electron chi connectivity index (χ0n) is 17.9. The average Bonchev–Trinajstić information content (AvgIpc) is 2.98. The molecule has 0 atom stereocenters. The van der Waals surface area contributed by atoms with Crippen LogP contribution in [0.15, 0.2) is 24.4 Å². The van der Waals surface area contributed by atoms with Gasteiger partial charge in [-0.1, -0.05) is 6.42 Å². The molecule has 0 spiro atoms. The number of nitrogens with one attached hydrogen (secondary N) is 1. The van der Waals surface area contributed by atoms with Crippen LogP contribution in [0.2, 0.25) is 0 Å². The topological polar surface area (TPSA) is 85.2 Å². The highest BCUT2D eigenvalue weighted by Crippen LogP contribution is 2.24. The van der Waals surface area contributed by atoms with E-state index in [1.807, 2.05) is 25.1 Å². The molecule has 0 saturated carbocycles. The maximum atomic E-state index is 13.1. The molecule has 0 aromatic carbocycles. The van der Waals surface area contributed by atoms with Gasteiger partial charge in [0, 0.05) is 44.5 Å². The molecule has 8 nitrogen and oxygen atoms in total. The molecule has 0 radical (unpaired) electrons. The van der Waals surface area contributed by atoms with Gasteiger partial charge in [-0.05, 0) is 43.5 Å². The van der Waals surface area contributed by atoms with Crippen LogP contribution in [0, 0.1) is 6.92 Å². The smallest absolute Gasteiger partial charge is 0.253 e. The van der Waals surface area contributed by atoms with Gasteiger partial charge in [0.15, 0.2) is 5.65 Å². The van der Waals surface area contributed by atoms with Crippen molar-refractivity contribution in [1.82, 2.24) is 24.8 Å². The zero-order valence-corrected chi connectivity index (χ0v) is 17.9. The number of aryl methyl sites for hydroxylation is 3. The molecule has 0 bridgehead atoms. The number of ether oxygens (including phenoxy) is 1. The summed E-state index contributed by atoms with van der Waals surface area (Å²) in [7, 11) is 0. The lowest BCUT2D eigenvalue weighted by Gasteiger charge is -2.28. The van der Waals surface area contributed by atoms with Gasteiger partial charge in [-0.25, -0.2) is 15.0 Å². The largest absolute Gasteiger partial charge is 0.378 e. The quantitative estimate of drug-likeness (QED) is 0.698. The van der Waals surface area contributed by atoms with Gasteiger partial charge in [-0.3, -0.25) is 4.79 Å². The molecule has 5 heterocycles. The number of anilines is 1. The summed E-state index contributed by atoms with van der Waals surface area (Å²) in [5.41, 5.74) is 4.01. The van der Waals surface area contributed by atoms with Crippen molar-refractivity contribution in [2.75, 3.05) is 31.2 Å². The Morgan fingerprint density at radius 1 is 1.13 bits per heavy atom. The molecule has 2 aliphatic rings. The molecule has 162 valence electrons. The number of rotatable bonds is 4. The number of amides is 1. The highest BCUT2D eigenvalue weighted by molar-refractivity contribution is 6.04. The van der Waals surface area contributed by atoms with Crippen molar-refractivity contribution in [2.45, 2.75) is 45.7 Å². The van der Waals surface area contributed by atoms with Crippen LogP contribution in [-0.2, 0) is 24.2 Å². The summed E-state index contributed by atoms with van der Waals surface area (Å²) >= 11 is 0. The molecule has 0 aliphatic carbocycles. The molecule has 8 heteroatoms. The Bertz CT molecular complexity index is 1100. The summed E-state index contributed by atoms with van der Waals surface area (Å²) in [6, 6.07) is 5.82. The van der Waals surface area contributed by atoms with Crippen LogP contribution in [0.25, 0.3) is 11.2 Å². The van der Waals surface area contributed by atoms with Crippen LogP contribution < -0.4 is 10.2 Å². The third-order valence-electron chi connectivity index (χ3n) is 6.04. The normalized spacial score (nSPS) is 16.7. The number of imidazole rings is 1. The number of carbonyl (C=O) groups is 1. The highest BCUT2D eigenvalue weighted by atomic mass is 16.5. The highest BCUT2D eigenvalue weighted by Gasteiger charge is 2.21. The minimum atomic E-state index is -0.117. The summed E-state index contributed by atoms with van der Waals surface area (Å²) in [5.74, 6) is 1.85. The summed E-state index contributed by atoms with van der Waals surface area (Å²) in [6.45, 7) is 6.40. The van der Waals surface area contributed by atoms with E-state index in [1.54, 1.807) is 6.20 Å². The van der Waals surface area contributed by atoms with Gasteiger partial charge in [-0.15, -0.1) is 0 Å². The van der Waals surface area contributed by atoms with Gasteiger partial charge >= 0.3 is 0 Å². The van der Waals surface area contributed by atoms with E-state index >= 15 is 0 Å². The summed E-state index contributed by atoms with van der Waals surface area (Å²) in [6.07, 6.45) is 6.22. The molecule has 5 rings (SSSR count). The lowest BCUT2D eigenvalue weighted by Crippen LogP contribution is -2.36. The molecule has 1 saturated heterocycles. The minimum absolute atomic E-state index is 0.117. The predicted octanol–water partition coefficient (Wildman–Crippen LogP) is 2.63. The fourth-order valence-corrected chi connectivity index (χ4v) is 4.40. The Hall–Kier alpha value is -3.00. The Balaban J connectivity index is 1.36. The molecular formula is C23H28N6O2. The number of hydrogen-bond acceptors (Lipinski definition) is 6. The van der Waals surface area contributed by atoms with Crippen molar-refractivity contribution in [3.05, 3.63) is 47.0 Å². The number of fused-ring (bicyclic) bond motifs is 3. The minimum Gasteiger partial charge on any atom is -0.378 e. The van der Waals surface area contributed by atoms with Gasteiger partial charge in [0.2, 0.25) is 0 Å². The van der Waals surface area contributed by atoms with E-state index in [-0.39, 0.29) is 5.91 Å². The van der Waals surface area contributed by atoms with Crippen LogP contribution >= 0.6 is 0 Å². The molecular weight excluding hydrogens is 392 g/mol. The lowest BCUT2D eigenvalue weighted by molar-refractivity contribution is 0.0952. The lowest BCUT2D eigenvalue weighted by atomic mass is 10.1. The van der Waals surface area contributed by atoms with Crippen molar-refractivity contribution in [3.8, 4) is 0 Å². The van der Waals surface area contributed by atoms with Crippen LogP contribution in [0.5, 0.6) is 0 Å². The summed E-state index contributed by atoms with van der Waals surface area (Å²) in [4.78, 5) is 29.3. The number of aromatic nitrogens is 4. The van der Waals surface area contributed by atoms with Crippen LogP contribution in [0.1, 0.15) is 46.7 Å². The van der Waals surface area contributed by atoms with E-state index in [1.165, 1.54) is 6.42 Å². The van der Waals surface area contributed by atoms with E-state index in [4.69, 9.17) is 14.7 Å².